The molecule has 0 fully saturated rings. The average molecular weight is 317 g/mol. The largest absolute Gasteiger partial charge is 0.493 e. The van der Waals surface area contributed by atoms with Gasteiger partial charge in [0.2, 0.25) is 5.91 Å². The standard InChI is InChI=1S/C19H27NO3/c1-6-7-8-18(21)20-10-9-14-11-16(22-4)17(23-5)12-15(14)19(20)13(2)3/h6,11-13,19H,1,7-10H2,2-5H3. The van der Waals surface area contributed by atoms with Crippen molar-refractivity contribution < 1.29 is 14.3 Å². The van der Waals surface area contributed by atoms with Crippen LogP contribution in [0.1, 0.15) is 43.9 Å². The number of hydrogen-bond donors (Lipinski definition) is 0. The zero-order chi connectivity index (χ0) is 17.0. The Bertz CT molecular complexity index is 580. The Morgan fingerprint density at radius 1 is 1.35 bits per heavy atom. The molecular weight excluding hydrogens is 290 g/mol. The Labute approximate surface area is 139 Å². The first-order chi connectivity index (χ1) is 11.0. The summed E-state index contributed by atoms with van der Waals surface area (Å²) in [5.74, 6) is 2.00. The van der Waals surface area contributed by atoms with Gasteiger partial charge in [0.15, 0.2) is 11.5 Å². The van der Waals surface area contributed by atoms with Crippen LogP contribution >= 0.6 is 0 Å². The monoisotopic (exact) mass is 317 g/mol. The fraction of sp³-hybridized carbons (Fsp3) is 0.526. The van der Waals surface area contributed by atoms with E-state index in [0.29, 0.717) is 12.3 Å². The SMILES string of the molecule is C=CCCC(=O)N1CCc2cc(OC)c(OC)cc2C1C(C)C. The van der Waals surface area contributed by atoms with Gasteiger partial charge in [-0.2, -0.15) is 0 Å². The van der Waals surface area contributed by atoms with Gasteiger partial charge in [-0.15, -0.1) is 6.58 Å². The number of rotatable bonds is 6. The molecule has 1 heterocycles. The van der Waals surface area contributed by atoms with Crippen LogP contribution in [0.2, 0.25) is 0 Å². The van der Waals surface area contributed by atoms with Gasteiger partial charge < -0.3 is 14.4 Å². The molecule has 0 saturated carbocycles. The molecule has 0 aromatic heterocycles. The molecule has 1 amide bonds. The predicted molar refractivity (Wildman–Crippen MR) is 92.0 cm³/mol. The first-order valence-corrected chi connectivity index (χ1v) is 8.18. The maximum absolute atomic E-state index is 12.6. The third kappa shape index (κ3) is 3.52. The van der Waals surface area contributed by atoms with Crippen LogP contribution in [0.4, 0.5) is 0 Å². The van der Waals surface area contributed by atoms with Crippen LogP contribution < -0.4 is 9.47 Å². The van der Waals surface area contributed by atoms with Crippen molar-refractivity contribution in [3.05, 3.63) is 35.9 Å². The van der Waals surface area contributed by atoms with Crippen molar-refractivity contribution in [1.29, 1.82) is 0 Å². The molecule has 1 aliphatic rings. The van der Waals surface area contributed by atoms with Crippen LogP contribution in [0, 0.1) is 5.92 Å². The van der Waals surface area contributed by atoms with Gasteiger partial charge in [0, 0.05) is 13.0 Å². The number of ether oxygens (including phenoxy) is 2. The van der Waals surface area contributed by atoms with E-state index in [1.165, 1.54) is 11.1 Å². The average Bonchev–Trinajstić information content (AvgIpc) is 2.56. The molecule has 1 aromatic carbocycles. The fourth-order valence-corrected chi connectivity index (χ4v) is 3.34. The summed E-state index contributed by atoms with van der Waals surface area (Å²) in [6.07, 6.45) is 3.89. The van der Waals surface area contributed by atoms with E-state index in [1.807, 2.05) is 11.0 Å². The lowest BCUT2D eigenvalue weighted by Gasteiger charge is -2.40. The van der Waals surface area contributed by atoms with E-state index < -0.39 is 0 Å². The zero-order valence-electron chi connectivity index (χ0n) is 14.6. The molecule has 1 atom stereocenters. The van der Waals surface area contributed by atoms with Gasteiger partial charge in [-0.1, -0.05) is 19.9 Å². The highest BCUT2D eigenvalue weighted by atomic mass is 16.5. The number of amides is 1. The predicted octanol–water partition coefficient (Wildman–Crippen LogP) is 3.75. The lowest BCUT2D eigenvalue weighted by atomic mass is 9.85. The summed E-state index contributed by atoms with van der Waals surface area (Å²) >= 11 is 0. The summed E-state index contributed by atoms with van der Waals surface area (Å²) < 4.78 is 10.9. The van der Waals surface area contributed by atoms with Crippen LogP contribution in [0.15, 0.2) is 24.8 Å². The molecule has 1 aromatic rings. The fourth-order valence-electron chi connectivity index (χ4n) is 3.34. The number of carbonyl (C=O) groups is 1. The highest BCUT2D eigenvalue weighted by molar-refractivity contribution is 5.77. The molecule has 126 valence electrons. The number of nitrogens with zero attached hydrogens (tertiary/aromatic N) is 1. The van der Waals surface area contributed by atoms with Gasteiger partial charge in [-0.05, 0) is 42.0 Å². The van der Waals surface area contributed by atoms with Gasteiger partial charge in [-0.25, -0.2) is 0 Å². The molecule has 2 rings (SSSR count). The van der Waals surface area contributed by atoms with Crippen LogP contribution in [0.3, 0.4) is 0 Å². The number of hydrogen-bond acceptors (Lipinski definition) is 3. The molecule has 0 saturated heterocycles. The van der Waals surface area contributed by atoms with Gasteiger partial charge in [0.25, 0.3) is 0 Å². The summed E-state index contributed by atoms with van der Waals surface area (Å²) in [6.45, 7) is 8.77. The quantitative estimate of drug-likeness (QED) is 0.750. The van der Waals surface area contributed by atoms with Gasteiger partial charge >= 0.3 is 0 Å². The maximum atomic E-state index is 12.6. The Morgan fingerprint density at radius 3 is 2.57 bits per heavy atom. The Balaban J connectivity index is 2.41. The van der Waals surface area contributed by atoms with E-state index in [4.69, 9.17) is 9.47 Å². The second-order valence-corrected chi connectivity index (χ2v) is 6.26. The zero-order valence-corrected chi connectivity index (χ0v) is 14.6. The summed E-state index contributed by atoms with van der Waals surface area (Å²) in [6, 6.07) is 4.16. The minimum atomic E-state index is 0.0795. The van der Waals surface area contributed by atoms with Gasteiger partial charge in [0.1, 0.15) is 0 Å². The smallest absolute Gasteiger partial charge is 0.223 e. The maximum Gasteiger partial charge on any atom is 0.223 e. The van der Waals surface area contributed by atoms with Crippen molar-refractivity contribution in [3.63, 3.8) is 0 Å². The first kappa shape index (κ1) is 17.4. The molecule has 1 aliphatic heterocycles. The van der Waals surface area contributed by atoms with Crippen LogP contribution in [0.25, 0.3) is 0 Å². The summed E-state index contributed by atoms with van der Waals surface area (Å²) in [4.78, 5) is 14.6. The summed E-state index contributed by atoms with van der Waals surface area (Å²) in [5.41, 5.74) is 2.42. The van der Waals surface area contributed by atoms with E-state index in [-0.39, 0.29) is 11.9 Å². The second kappa shape index (κ2) is 7.53. The minimum Gasteiger partial charge on any atom is -0.493 e. The highest BCUT2D eigenvalue weighted by Crippen LogP contribution is 2.41. The van der Waals surface area contributed by atoms with Crippen molar-refractivity contribution in [2.75, 3.05) is 20.8 Å². The number of methoxy groups -OCH3 is 2. The van der Waals surface area contributed by atoms with Crippen molar-refractivity contribution in [2.45, 2.75) is 39.2 Å². The third-order valence-corrected chi connectivity index (χ3v) is 4.44. The Hall–Kier alpha value is -1.97. The number of benzene rings is 1. The van der Waals surface area contributed by atoms with E-state index >= 15 is 0 Å². The van der Waals surface area contributed by atoms with E-state index in [9.17, 15) is 4.79 Å². The lowest BCUT2D eigenvalue weighted by Crippen LogP contribution is -2.42. The molecule has 0 N–H and O–H groups in total. The molecule has 23 heavy (non-hydrogen) atoms. The normalized spacial score (nSPS) is 16.9. The van der Waals surface area contributed by atoms with Crippen LogP contribution in [-0.2, 0) is 11.2 Å². The molecule has 0 aliphatic carbocycles. The van der Waals surface area contributed by atoms with Crippen molar-refractivity contribution in [2.24, 2.45) is 5.92 Å². The van der Waals surface area contributed by atoms with Crippen LogP contribution in [-0.4, -0.2) is 31.6 Å². The van der Waals surface area contributed by atoms with Crippen molar-refractivity contribution in [1.82, 2.24) is 4.90 Å². The van der Waals surface area contributed by atoms with E-state index in [0.717, 1.165) is 30.9 Å². The molecule has 0 bridgehead atoms. The molecule has 0 spiro atoms. The summed E-state index contributed by atoms with van der Waals surface area (Å²) in [5, 5.41) is 0. The minimum absolute atomic E-state index is 0.0795. The number of carbonyl (C=O) groups excluding carboxylic acids is 1. The number of fused-ring (bicyclic) bond motifs is 1. The van der Waals surface area contributed by atoms with Gasteiger partial charge in [-0.3, -0.25) is 4.79 Å². The second-order valence-electron chi connectivity index (χ2n) is 6.26. The molecule has 4 heteroatoms. The Kier molecular flexibility index (Phi) is 5.69. The van der Waals surface area contributed by atoms with Crippen molar-refractivity contribution >= 4 is 5.91 Å². The van der Waals surface area contributed by atoms with Gasteiger partial charge in [0.05, 0.1) is 20.3 Å². The van der Waals surface area contributed by atoms with Crippen molar-refractivity contribution in [3.8, 4) is 11.5 Å². The van der Waals surface area contributed by atoms with Crippen LogP contribution in [0.5, 0.6) is 11.5 Å². The summed E-state index contributed by atoms with van der Waals surface area (Å²) in [7, 11) is 3.29. The molecule has 1 unspecified atom stereocenters. The molecular formula is C19H27NO3. The topological polar surface area (TPSA) is 38.8 Å². The molecule has 4 nitrogen and oxygen atoms in total. The lowest BCUT2D eigenvalue weighted by molar-refractivity contribution is -0.135. The number of allylic oxidation sites excluding steroid dienone is 1. The molecule has 0 radical (unpaired) electrons. The van der Waals surface area contributed by atoms with E-state index in [1.54, 1.807) is 20.3 Å². The third-order valence-electron chi connectivity index (χ3n) is 4.44. The first-order valence-electron chi connectivity index (χ1n) is 8.18. The Morgan fingerprint density at radius 2 is 2.00 bits per heavy atom. The van der Waals surface area contributed by atoms with E-state index in [2.05, 4.69) is 26.5 Å². The highest BCUT2D eigenvalue weighted by Gasteiger charge is 2.33.